The summed E-state index contributed by atoms with van der Waals surface area (Å²) in [5.74, 6) is 0.990. The maximum Gasteiger partial charge on any atom is 0.263 e. The molecule has 0 saturated carbocycles. The number of hydrogen-bond donors (Lipinski definition) is 0. The molecule has 2 aromatic rings. The molecule has 2 fully saturated rings. The molecule has 0 aromatic carbocycles. The average molecular weight is 287 g/mol. The van der Waals surface area contributed by atoms with Gasteiger partial charge in [0.15, 0.2) is 0 Å². The Hall–Kier alpha value is -1.69. The molecule has 0 radical (unpaired) electrons. The Morgan fingerprint density at radius 1 is 1.19 bits per heavy atom. The van der Waals surface area contributed by atoms with Gasteiger partial charge in [-0.1, -0.05) is 5.16 Å². The summed E-state index contributed by atoms with van der Waals surface area (Å²) in [6.45, 7) is 6.52. The molecule has 4 rings (SSSR count). The Labute approximate surface area is 124 Å². The molecule has 112 valence electrons. The van der Waals surface area contributed by atoms with Crippen LogP contribution in [0.2, 0.25) is 0 Å². The van der Waals surface area contributed by atoms with Crippen molar-refractivity contribution in [3.05, 3.63) is 12.0 Å². The first-order chi connectivity index (χ1) is 10.2. The van der Waals surface area contributed by atoms with Crippen molar-refractivity contribution in [2.45, 2.75) is 26.2 Å². The highest BCUT2D eigenvalue weighted by molar-refractivity contribution is 5.88. The number of likely N-dealkylation sites (tertiary alicyclic amines) is 1. The van der Waals surface area contributed by atoms with Crippen LogP contribution in [0.3, 0.4) is 0 Å². The van der Waals surface area contributed by atoms with Gasteiger partial charge in [0.05, 0.1) is 5.69 Å². The van der Waals surface area contributed by atoms with Crippen LogP contribution in [0.1, 0.15) is 25.0 Å². The summed E-state index contributed by atoms with van der Waals surface area (Å²) >= 11 is 0. The standard InChI is InChI=1S/C15H21N5O/c1-11-12-13(16-10-17-14(12)21-18-11)20-7-5-15(9-20)4-3-6-19(2)8-15/h10H,3-9H2,1-2H3. The lowest BCUT2D eigenvalue weighted by Gasteiger charge is -2.38. The van der Waals surface area contributed by atoms with Crippen molar-refractivity contribution in [1.29, 1.82) is 0 Å². The molecule has 2 aromatic heterocycles. The normalized spacial score (nSPS) is 27.0. The Kier molecular flexibility index (Phi) is 2.89. The van der Waals surface area contributed by atoms with Crippen LogP contribution in [-0.4, -0.2) is 53.3 Å². The molecule has 0 bridgehead atoms. The summed E-state index contributed by atoms with van der Waals surface area (Å²) < 4.78 is 5.27. The van der Waals surface area contributed by atoms with Crippen LogP contribution < -0.4 is 4.90 Å². The Morgan fingerprint density at radius 2 is 2.10 bits per heavy atom. The van der Waals surface area contributed by atoms with Gasteiger partial charge in [0.25, 0.3) is 5.71 Å². The van der Waals surface area contributed by atoms with Crippen molar-refractivity contribution >= 4 is 16.9 Å². The number of anilines is 1. The lowest BCUT2D eigenvalue weighted by Crippen LogP contribution is -2.43. The van der Waals surface area contributed by atoms with Gasteiger partial charge >= 0.3 is 0 Å². The highest BCUT2D eigenvalue weighted by Crippen LogP contribution is 2.41. The molecule has 0 N–H and O–H groups in total. The number of aromatic nitrogens is 3. The summed E-state index contributed by atoms with van der Waals surface area (Å²) in [6, 6.07) is 0. The Balaban J connectivity index is 1.67. The average Bonchev–Trinajstić information content (AvgIpc) is 3.04. The molecule has 0 amide bonds. The summed E-state index contributed by atoms with van der Waals surface area (Å²) in [6.07, 6.45) is 5.45. The van der Waals surface area contributed by atoms with Crippen LogP contribution in [0, 0.1) is 12.3 Å². The molecule has 2 aliphatic heterocycles. The van der Waals surface area contributed by atoms with E-state index in [1.807, 2.05) is 6.92 Å². The Bertz CT molecular complexity index is 669. The fourth-order valence-electron chi connectivity index (χ4n) is 4.05. The lowest BCUT2D eigenvalue weighted by molar-refractivity contribution is 0.128. The van der Waals surface area contributed by atoms with Gasteiger partial charge in [0.1, 0.15) is 17.5 Å². The van der Waals surface area contributed by atoms with Crippen molar-refractivity contribution in [3.63, 3.8) is 0 Å². The molecule has 2 saturated heterocycles. The van der Waals surface area contributed by atoms with Gasteiger partial charge in [-0.3, -0.25) is 0 Å². The van der Waals surface area contributed by atoms with Crippen LogP contribution in [0.25, 0.3) is 11.1 Å². The molecule has 1 spiro atoms. The van der Waals surface area contributed by atoms with E-state index in [2.05, 4.69) is 32.0 Å². The zero-order chi connectivity index (χ0) is 14.4. The van der Waals surface area contributed by atoms with E-state index in [1.54, 1.807) is 6.33 Å². The van der Waals surface area contributed by atoms with Crippen molar-refractivity contribution in [1.82, 2.24) is 20.0 Å². The molecule has 0 aliphatic carbocycles. The summed E-state index contributed by atoms with van der Waals surface area (Å²) in [5.41, 5.74) is 1.90. The van der Waals surface area contributed by atoms with Crippen LogP contribution in [0.4, 0.5) is 5.82 Å². The molecular formula is C15H21N5O. The smallest absolute Gasteiger partial charge is 0.263 e. The van der Waals surface area contributed by atoms with Gasteiger partial charge in [-0.25, -0.2) is 4.98 Å². The quantitative estimate of drug-likeness (QED) is 0.798. The molecule has 6 heteroatoms. The zero-order valence-corrected chi connectivity index (χ0v) is 12.7. The maximum absolute atomic E-state index is 5.27. The van der Waals surface area contributed by atoms with E-state index in [9.17, 15) is 0 Å². The largest absolute Gasteiger partial charge is 0.355 e. The summed E-state index contributed by atoms with van der Waals surface area (Å²) in [4.78, 5) is 13.6. The molecule has 1 unspecified atom stereocenters. The van der Waals surface area contributed by atoms with Crippen LogP contribution in [-0.2, 0) is 0 Å². The lowest BCUT2D eigenvalue weighted by atomic mass is 9.79. The topological polar surface area (TPSA) is 58.3 Å². The van der Waals surface area contributed by atoms with E-state index in [0.717, 1.165) is 30.0 Å². The van der Waals surface area contributed by atoms with Gasteiger partial charge in [0.2, 0.25) is 0 Å². The number of rotatable bonds is 1. The third-order valence-corrected chi connectivity index (χ3v) is 5.01. The molecule has 6 nitrogen and oxygen atoms in total. The predicted octanol–water partition coefficient (Wildman–Crippen LogP) is 1.85. The fourth-order valence-corrected chi connectivity index (χ4v) is 4.05. The molecule has 21 heavy (non-hydrogen) atoms. The number of hydrogen-bond acceptors (Lipinski definition) is 6. The third kappa shape index (κ3) is 2.09. The van der Waals surface area contributed by atoms with Gasteiger partial charge < -0.3 is 14.3 Å². The van der Waals surface area contributed by atoms with E-state index in [4.69, 9.17) is 4.52 Å². The summed E-state index contributed by atoms with van der Waals surface area (Å²) in [5, 5.41) is 5.00. The number of nitrogens with zero attached hydrogens (tertiary/aromatic N) is 5. The van der Waals surface area contributed by atoms with Crippen LogP contribution in [0.5, 0.6) is 0 Å². The fraction of sp³-hybridized carbons (Fsp3) is 0.667. The SMILES string of the molecule is Cc1noc2ncnc(N3CCC4(CCCN(C)C4)C3)c12. The minimum absolute atomic E-state index is 0.426. The van der Waals surface area contributed by atoms with E-state index in [1.165, 1.54) is 32.4 Å². The first-order valence-electron chi connectivity index (χ1n) is 7.67. The molecular weight excluding hydrogens is 266 g/mol. The monoisotopic (exact) mass is 287 g/mol. The second kappa shape index (κ2) is 4.66. The van der Waals surface area contributed by atoms with Crippen molar-refractivity contribution in [2.24, 2.45) is 5.41 Å². The number of piperidine rings is 1. The summed E-state index contributed by atoms with van der Waals surface area (Å²) in [7, 11) is 2.23. The first kappa shape index (κ1) is 13.0. The van der Waals surface area contributed by atoms with Crippen LogP contribution in [0.15, 0.2) is 10.9 Å². The van der Waals surface area contributed by atoms with Gasteiger partial charge in [-0.2, -0.15) is 4.98 Å². The van der Waals surface area contributed by atoms with E-state index < -0.39 is 0 Å². The predicted molar refractivity (Wildman–Crippen MR) is 80.3 cm³/mol. The van der Waals surface area contributed by atoms with Crippen LogP contribution >= 0.6 is 0 Å². The van der Waals surface area contributed by atoms with Crippen molar-refractivity contribution in [3.8, 4) is 0 Å². The van der Waals surface area contributed by atoms with Crippen molar-refractivity contribution < 1.29 is 4.52 Å². The van der Waals surface area contributed by atoms with Gasteiger partial charge in [0, 0.05) is 25.0 Å². The van der Waals surface area contributed by atoms with E-state index >= 15 is 0 Å². The highest BCUT2D eigenvalue weighted by atomic mass is 16.5. The van der Waals surface area contributed by atoms with E-state index in [-0.39, 0.29) is 0 Å². The van der Waals surface area contributed by atoms with Gasteiger partial charge in [-0.05, 0) is 39.8 Å². The second-order valence-corrected chi connectivity index (χ2v) is 6.66. The molecule has 1 atom stereocenters. The molecule has 4 heterocycles. The minimum Gasteiger partial charge on any atom is -0.355 e. The minimum atomic E-state index is 0.426. The third-order valence-electron chi connectivity index (χ3n) is 5.01. The second-order valence-electron chi connectivity index (χ2n) is 6.66. The number of fused-ring (bicyclic) bond motifs is 1. The Morgan fingerprint density at radius 3 is 2.95 bits per heavy atom. The maximum atomic E-state index is 5.27. The highest BCUT2D eigenvalue weighted by Gasteiger charge is 2.41. The zero-order valence-electron chi connectivity index (χ0n) is 12.7. The first-order valence-corrected chi connectivity index (χ1v) is 7.67. The molecule has 2 aliphatic rings. The van der Waals surface area contributed by atoms with Crippen molar-refractivity contribution in [2.75, 3.05) is 38.1 Å². The number of aryl methyl sites for hydroxylation is 1. The van der Waals surface area contributed by atoms with E-state index in [0.29, 0.717) is 11.1 Å². The van der Waals surface area contributed by atoms with Gasteiger partial charge in [-0.15, -0.1) is 0 Å².